The fourth-order valence-electron chi connectivity index (χ4n) is 2.60. The molecule has 0 spiro atoms. The molecule has 0 aliphatic heterocycles. The van der Waals surface area contributed by atoms with E-state index in [-0.39, 0.29) is 0 Å². The largest absolute Gasteiger partial charge is 0.343 e. The Hall–Kier alpha value is -1.48. The van der Waals surface area contributed by atoms with Crippen LogP contribution in [0, 0.1) is 6.92 Å². The second-order valence-electron chi connectivity index (χ2n) is 5.24. The van der Waals surface area contributed by atoms with E-state index in [0.717, 1.165) is 37.6 Å². The highest BCUT2D eigenvalue weighted by atomic mass is 35.5. The van der Waals surface area contributed by atoms with E-state index in [9.17, 15) is 0 Å². The lowest BCUT2D eigenvalue weighted by atomic mass is 10.1. The first kappa shape index (κ1) is 14.5. The summed E-state index contributed by atoms with van der Waals surface area (Å²) in [4.78, 5) is 0. The SMILES string of the molecule is Cc1ccc(Cn2cc(CN)c3ccc(Cl)cc32)c(Cl)c1. The van der Waals surface area contributed by atoms with E-state index in [2.05, 4.69) is 22.9 Å². The van der Waals surface area contributed by atoms with E-state index in [1.165, 1.54) is 0 Å². The summed E-state index contributed by atoms with van der Waals surface area (Å²) in [7, 11) is 0. The fraction of sp³-hybridized carbons (Fsp3) is 0.176. The van der Waals surface area contributed by atoms with Gasteiger partial charge in [0.15, 0.2) is 0 Å². The Labute approximate surface area is 134 Å². The quantitative estimate of drug-likeness (QED) is 0.741. The molecule has 21 heavy (non-hydrogen) atoms. The van der Waals surface area contributed by atoms with Crippen molar-refractivity contribution in [2.75, 3.05) is 0 Å². The summed E-state index contributed by atoms with van der Waals surface area (Å²) in [5, 5.41) is 2.65. The van der Waals surface area contributed by atoms with Gasteiger partial charge in [-0.25, -0.2) is 0 Å². The van der Waals surface area contributed by atoms with Gasteiger partial charge in [-0.2, -0.15) is 0 Å². The molecule has 1 heterocycles. The van der Waals surface area contributed by atoms with Gasteiger partial charge in [-0.05, 0) is 41.8 Å². The van der Waals surface area contributed by atoms with Crippen molar-refractivity contribution in [3.8, 4) is 0 Å². The molecule has 0 radical (unpaired) electrons. The predicted molar refractivity (Wildman–Crippen MR) is 90.1 cm³/mol. The smallest absolute Gasteiger partial charge is 0.0501 e. The molecule has 3 rings (SSSR count). The standard InChI is InChI=1S/C17H16Cl2N2/c1-11-2-3-12(16(19)6-11)9-21-10-13(8-20)15-5-4-14(18)7-17(15)21/h2-7,10H,8-9,20H2,1H3. The number of halogens is 2. The van der Waals surface area contributed by atoms with Crippen molar-refractivity contribution in [2.24, 2.45) is 5.73 Å². The molecule has 4 heteroatoms. The molecule has 2 aromatic carbocycles. The lowest BCUT2D eigenvalue weighted by molar-refractivity contribution is 0.829. The van der Waals surface area contributed by atoms with Crippen molar-refractivity contribution in [1.29, 1.82) is 0 Å². The van der Waals surface area contributed by atoms with Crippen LogP contribution in [0.2, 0.25) is 10.0 Å². The third-order valence-electron chi connectivity index (χ3n) is 3.70. The number of benzene rings is 2. The van der Waals surface area contributed by atoms with E-state index >= 15 is 0 Å². The number of aromatic nitrogens is 1. The fourth-order valence-corrected chi connectivity index (χ4v) is 3.06. The van der Waals surface area contributed by atoms with Gasteiger partial charge in [0.1, 0.15) is 0 Å². The molecule has 0 fully saturated rings. The maximum atomic E-state index is 6.34. The monoisotopic (exact) mass is 318 g/mol. The minimum Gasteiger partial charge on any atom is -0.343 e. The minimum atomic E-state index is 0.507. The lowest BCUT2D eigenvalue weighted by Gasteiger charge is -2.08. The lowest BCUT2D eigenvalue weighted by Crippen LogP contribution is -1.99. The van der Waals surface area contributed by atoms with Gasteiger partial charge in [0.25, 0.3) is 0 Å². The molecule has 0 atom stereocenters. The summed E-state index contributed by atoms with van der Waals surface area (Å²) in [6.45, 7) is 3.25. The summed E-state index contributed by atoms with van der Waals surface area (Å²) in [5.41, 5.74) is 10.3. The second-order valence-corrected chi connectivity index (χ2v) is 6.09. The van der Waals surface area contributed by atoms with Crippen LogP contribution >= 0.6 is 23.2 Å². The topological polar surface area (TPSA) is 30.9 Å². The molecule has 108 valence electrons. The zero-order valence-corrected chi connectivity index (χ0v) is 13.2. The summed E-state index contributed by atoms with van der Waals surface area (Å²) in [5.74, 6) is 0. The van der Waals surface area contributed by atoms with Crippen LogP contribution in [-0.2, 0) is 13.1 Å². The van der Waals surface area contributed by atoms with E-state index in [0.29, 0.717) is 13.1 Å². The van der Waals surface area contributed by atoms with Crippen LogP contribution in [0.1, 0.15) is 16.7 Å². The van der Waals surface area contributed by atoms with E-state index in [1.54, 1.807) is 0 Å². The maximum absolute atomic E-state index is 6.34. The highest BCUT2D eigenvalue weighted by Crippen LogP contribution is 2.27. The second kappa shape index (κ2) is 5.72. The predicted octanol–water partition coefficient (Wildman–Crippen LogP) is 4.76. The van der Waals surface area contributed by atoms with Crippen molar-refractivity contribution in [3.63, 3.8) is 0 Å². The normalized spacial score (nSPS) is 11.2. The number of nitrogens with zero attached hydrogens (tertiary/aromatic N) is 1. The van der Waals surface area contributed by atoms with Gasteiger partial charge in [0.2, 0.25) is 0 Å². The average molecular weight is 319 g/mol. The molecule has 0 bridgehead atoms. The minimum absolute atomic E-state index is 0.507. The summed E-state index contributed by atoms with van der Waals surface area (Å²) >= 11 is 12.5. The summed E-state index contributed by atoms with van der Waals surface area (Å²) in [6, 6.07) is 12.0. The Kier molecular flexibility index (Phi) is 3.94. The van der Waals surface area contributed by atoms with E-state index in [4.69, 9.17) is 28.9 Å². The van der Waals surface area contributed by atoms with Crippen LogP contribution < -0.4 is 5.73 Å². The van der Waals surface area contributed by atoms with Crippen LogP contribution in [0.3, 0.4) is 0 Å². The Morgan fingerprint density at radius 2 is 1.86 bits per heavy atom. The number of nitrogens with two attached hydrogens (primary N) is 1. The molecule has 1 aromatic heterocycles. The molecule has 3 aromatic rings. The number of fused-ring (bicyclic) bond motifs is 1. The first-order chi connectivity index (χ1) is 10.1. The molecular formula is C17H16Cl2N2. The van der Waals surface area contributed by atoms with Crippen LogP contribution in [0.4, 0.5) is 0 Å². The van der Waals surface area contributed by atoms with E-state index in [1.807, 2.05) is 31.2 Å². The Bertz CT molecular complexity index is 806. The number of rotatable bonds is 3. The molecule has 0 unspecified atom stereocenters. The zero-order valence-electron chi connectivity index (χ0n) is 11.7. The van der Waals surface area contributed by atoms with Crippen LogP contribution in [0.5, 0.6) is 0 Å². The molecule has 0 aliphatic carbocycles. The Balaban J connectivity index is 2.09. The highest BCUT2D eigenvalue weighted by molar-refractivity contribution is 6.31. The molecule has 2 N–H and O–H groups in total. The van der Waals surface area contributed by atoms with Gasteiger partial charge in [-0.3, -0.25) is 0 Å². The van der Waals surface area contributed by atoms with Crippen molar-refractivity contribution in [2.45, 2.75) is 20.0 Å². The Morgan fingerprint density at radius 3 is 2.57 bits per heavy atom. The van der Waals surface area contributed by atoms with Gasteiger partial charge < -0.3 is 10.3 Å². The molecule has 0 saturated heterocycles. The molecule has 0 amide bonds. The molecular weight excluding hydrogens is 303 g/mol. The molecule has 0 saturated carbocycles. The van der Waals surface area contributed by atoms with Crippen LogP contribution in [0.25, 0.3) is 10.9 Å². The van der Waals surface area contributed by atoms with Crippen molar-refractivity contribution in [1.82, 2.24) is 4.57 Å². The van der Waals surface area contributed by atoms with E-state index < -0.39 is 0 Å². The molecule has 2 nitrogen and oxygen atoms in total. The molecule has 0 aliphatic rings. The highest BCUT2D eigenvalue weighted by Gasteiger charge is 2.10. The summed E-state index contributed by atoms with van der Waals surface area (Å²) in [6.07, 6.45) is 2.08. The Morgan fingerprint density at radius 1 is 1.05 bits per heavy atom. The van der Waals surface area contributed by atoms with Gasteiger partial charge in [-0.1, -0.05) is 41.4 Å². The number of aryl methyl sites for hydroxylation is 1. The van der Waals surface area contributed by atoms with Gasteiger partial charge in [-0.15, -0.1) is 0 Å². The zero-order chi connectivity index (χ0) is 15.0. The third kappa shape index (κ3) is 2.80. The van der Waals surface area contributed by atoms with Gasteiger partial charge in [0.05, 0.1) is 5.52 Å². The van der Waals surface area contributed by atoms with Crippen LogP contribution in [0.15, 0.2) is 42.6 Å². The summed E-state index contributed by atoms with van der Waals surface area (Å²) < 4.78 is 2.15. The third-order valence-corrected chi connectivity index (χ3v) is 4.28. The number of hydrogen-bond acceptors (Lipinski definition) is 1. The first-order valence-corrected chi connectivity index (χ1v) is 7.56. The number of hydrogen-bond donors (Lipinski definition) is 1. The average Bonchev–Trinajstić information content (AvgIpc) is 2.79. The first-order valence-electron chi connectivity index (χ1n) is 6.81. The van der Waals surface area contributed by atoms with Crippen molar-refractivity contribution in [3.05, 3.63) is 69.3 Å². The van der Waals surface area contributed by atoms with Gasteiger partial charge in [0, 0.05) is 34.7 Å². The van der Waals surface area contributed by atoms with Crippen LogP contribution in [-0.4, -0.2) is 4.57 Å². The maximum Gasteiger partial charge on any atom is 0.0501 e. The van der Waals surface area contributed by atoms with Crippen molar-refractivity contribution < 1.29 is 0 Å². The van der Waals surface area contributed by atoms with Crippen molar-refractivity contribution >= 4 is 34.1 Å². The van der Waals surface area contributed by atoms with Gasteiger partial charge >= 0.3 is 0 Å².